The fourth-order valence-electron chi connectivity index (χ4n) is 2.36. The molecule has 0 aliphatic heterocycles. The number of halogens is 2. The Hall–Kier alpha value is -1.38. The van der Waals surface area contributed by atoms with Gasteiger partial charge in [-0.2, -0.15) is 0 Å². The summed E-state index contributed by atoms with van der Waals surface area (Å²) in [6.07, 6.45) is 1.75. The summed E-state index contributed by atoms with van der Waals surface area (Å²) in [5.41, 5.74) is 1.91. The number of aryl methyl sites for hydroxylation is 1. The van der Waals surface area contributed by atoms with Crippen LogP contribution in [0.3, 0.4) is 0 Å². The van der Waals surface area contributed by atoms with Crippen LogP contribution in [0.5, 0.6) is 0 Å². The molecular weight excluding hydrogens is 273 g/mol. The topological polar surface area (TPSA) is 12.0 Å². The van der Waals surface area contributed by atoms with Crippen LogP contribution in [0.1, 0.15) is 30.5 Å². The molecular formula is C17H19ClFN. The van der Waals surface area contributed by atoms with Crippen LogP contribution >= 0.6 is 11.6 Å². The van der Waals surface area contributed by atoms with Crippen LogP contribution < -0.4 is 5.32 Å². The largest absolute Gasteiger partial charge is 0.310 e. The van der Waals surface area contributed by atoms with Crippen molar-refractivity contribution in [2.24, 2.45) is 0 Å². The molecule has 0 fully saturated rings. The van der Waals surface area contributed by atoms with E-state index in [4.69, 9.17) is 11.6 Å². The SMILES string of the molecule is CCNC(CCc1ccccc1)c1cccc(Cl)c1F. The van der Waals surface area contributed by atoms with Gasteiger partial charge in [0.1, 0.15) is 5.82 Å². The van der Waals surface area contributed by atoms with Crippen LogP contribution in [0.25, 0.3) is 0 Å². The highest BCUT2D eigenvalue weighted by atomic mass is 35.5. The minimum atomic E-state index is -0.312. The molecule has 0 aliphatic rings. The van der Waals surface area contributed by atoms with E-state index in [9.17, 15) is 4.39 Å². The predicted molar refractivity (Wildman–Crippen MR) is 82.6 cm³/mol. The molecule has 2 rings (SSSR count). The third kappa shape index (κ3) is 3.81. The zero-order valence-electron chi connectivity index (χ0n) is 11.6. The fraction of sp³-hybridized carbons (Fsp3) is 0.294. The van der Waals surface area contributed by atoms with Crippen molar-refractivity contribution < 1.29 is 4.39 Å². The average Bonchev–Trinajstić information content (AvgIpc) is 2.48. The summed E-state index contributed by atoms with van der Waals surface area (Å²) >= 11 is 5.87. The quantitative estimate of drug-likeness (QED) is 0.809. The summed E-state index contributed by atoms with van der Waals surface area (Å²) in [6.45, 7) is 2.82. The maximum Gasteiger partial charge on any atom is 0.146 e. The Bertz CT molecular complexity index is 542. The Morgan fingerprint density at radius 1 is 1.10 bits per heavy atom. The van der Waals surface area contributed by atoms with Gasteiger partial charge in [0, 0.05) is 11.6 Å². The highest BCUT2D eigenvalue weighted by molar-refractivity contribution is 6.30. The van der Waals surface area contributed by atoms with E-state index in [1.807, 2.05) is 25.1 Å². The lowest BCUT2D eigenvalue weighted by Gasteiger charge is -2.19. The first-order valence-electron chi connectivity index (χ1n) is 6.93. The summed E-state index contributed by atoms with van der Waals surface area (Å²) in [6, 6.07) is 15.4. The van der Waals surface area contributed by atoms with Crippen LogP contribution in [0.4, 0.5) is 4.39 Å². The molecule has 2 aromatic rings. The second kappa shape index (κ2) is 7.41. The predicted octanol–water partition coefficient (Wildman–Crippen LogP) is 4.76. The summed E-state index contributed by atoms with van der Waals surface area (Å²) in [5.74, 6) is -0.312. The fourth-order valence-corrected chi connectivity index (χ4v) is 2.54. The molecule has 0 bridgehead atoms. The Morgan fingerprint density at radius 2 is 1.85 bits per heavy atom. The summed E-state index contributed by atoms with van der Waals surface area (Å²) in [5, 5.41) is 3.52. The van der Waals surface area contributed by atoms with Crippen LogP contribution in [0, 0.1) is 5.82 Å². The summed E-state index contributed by atoms with van der Waals surface area (Å²) in [4.78, 5) is 0. The minimum Gasteiger partial charge on any atom is -0.310 e. The zero-order chi connectivity index (χ0) is 14.4. The van der Waals surface area contributed by atoms with Gasteiger partial charge in [-0.15, -0.1) is 0 Å². The maximum absolute atomic E-state index is 14.1. The van der Waals surface area contributed by atoms with Gasteiger partial charge in [-0.1, -0.05) is 61.0 Å². The van der Waals surface area contributed by atoms with Gasteiger partial charge in [0.25, 0.3) is 0 Å². The van der Waals surface area contributed by atoms with E-state index < -0.39 is 0 Å². The van der Waals surface area contributed by atoms with Crippen molar-refractivity contribution >= 4 is 11.6 Å². The highest BCUT2D eigenvalue weighted by Crippen LogP contribution is 2.26. The third-order valence-corrected chi connectivity index (χ3v) is 3.66. The van der Waals surface area contributed by atoms with E-state index in [2.05, 4.69) is 17.4 Å². The molecule has 3 heteroatoms. The molecule has 0 spiro atoms. The number of hydrogen-bond acceptors (Lipinski definition) is 1. The van der Waals surface area contributed by atoms with Crippen molar-refractivity contribution in [2.45, 2.75) is 25.8 Å². The van der Waals surface area contributed by atoms with Crippen LogP contribution in [-0.4, -0.2) is 6.54 Å². The Kier molecular flexibility index (Phi) is 5.57. The van der Waals surface area contributed by atoms with E-state index in [0.29, 0.717) is 5.56 Å². The van der Waals surface area contributed by atoms with Crippen LogP contribution in [-0.2, 0) is 6.42 Å². The first kappa shape index (κ1) is 15.0. The third-order valence-electron chi connectivity index (χ3n) is 3.37. The van der Waals surface area contributed by atoms with Gasteiger partial charge >= 0.3 is 0 Å². The number of rotatable bonds is 6. The van der Waals surface area contributed by atoms with Crippen molar-refractivity contribution in [3.8, 4) is 0 Å². The molecule has 1 N–H and O–H groups in total. The van der Waals surface area contributed by atoms with E-state index in [-0.39, 0.29) is 16.9 Å². The van der Waals surface area contributed by atoms with E-state index >= 15 is 0 Å². The van der Waals surface area contributed by atoms with Crippen molar-refractivity contribution in [3.05, 3.63) is 70.5 Å². The smallest absolute Gasteiger partial charge is 0.146 e. The standard InChI is InChI=1S/C17H19ClFN/c1-2-20-16(12-11-13-7-4-3-5-8-13)14-9-6-10-15(18)17(14)19/h3-10,16,20H,2,11-12H2,1H3. The molecule has 0 aromatic heterocycles. The van der Waals surface area contributed by atoms with Gasteiger partial charge in [0.05, 0.1) is 5.02 Å². The average molecular weight is 292 g/mol. The monoisotopic (exact) mass is 291 g/mol. The van der Waals surface area contributed by atoms with Crippen molar-refractivity contribution in [2.75, 3.05) is 6.54 Å². The number of hydrogen-bond donors (Lipinski definition) is 1. The highest BCUT2D eigenvalue weighted by Gasteiger charge is 2.16. The van der Waals surface area contributed by atoms with Crippen molar-refractivity contribution in [1.29, 1.82) is 0 Å². The molecule has 1 unspecified atom stereocenters. The van der Waals surface area contributed by atoms with Gasteiger partial charge < -0.3 is 5.32 Å². The van der Waals surface area contributed by atoms with Gasteiger partial charge in [-0.3, -0.25) is 0 Å². The van der Waals surface area contributed by atoms with Gasteiger partial charge in [0.2, 0.25) is 0 Å². The Labute approximate surface area is 124 Å². The molecule has 0 heterocycles. The lowest BCUT2D eigenvalue weighted by atomic mass is 9.98. The molecule has 0 aliphatic carbocycles. The first-order chi connectivity index (χ1) is 9.72. The maximum atomic E-state index is 14.1. The molecule has 106 valence electrons. The molecule has 0 amide bonds. The molecule has 2 aromatic carbocycles. The minimum absolute atomic E-state index is 0.0149. The van der Waals surface area contributed by atoms with Crippen LogP contribution in [0.15, 0.2) is 48.5 Å². The van der Waals surface area contributed by atoms with Crippen molar-refractivity contribution in [3.63, 3.8) is 0 Å². The lowest BCUT2D eigenvalue weighted by Crippen LogP contribution is -2.22. The number of benzene rings is 2. The molecule has 1 atom stereocenters. The molecule has 0 saturated heterocycles. The van der Waals surface area contributed by atoms with Gasteiger partial charge in [-0.05, 0) is 31.0 Å². The normalized spacial score (nSPS) is 12.3. The van der Waals surface area contributed by atoms with Crippen molar-refractivity contribution in [1.82, 2.24) is 5.32 Å². The van der Waals surface area contributed by atoms with Gasteiger partial charge in [0.15, 0.2) is 0 Å². The first-order valence-corrected chi connectivity index (χ1v) is 7.31. The summed E-state index contributed by atoms with van der Waals surface area (Å²) in [7, 11) is 0. The molecule has 20 heavy (non-hydrogen) atoms. The lowest BCUT2D eigenvalue weighted by molar-refractivity contribution is 0.485. The molecule has 1 nitrogen and oxygen atoms in total. The number of nitrogens with one attached hydrogen (secondary N) is 1. The van der Waals surface area contributed by atoms with E-state index in [1.165, 1.54) is 5.56 Å². The van der Waals surface area contributed by atoms with Gasteiger partial charge in [-0.25, -0.2) is 4.39 Å². The Balaban J connectivity index is 2.12. The zero-order valence-corrected chi connectivity index (χ0v) is 12.3. The second-order valence-corrected chi connectivity index (χ2v) is 5.18. The van der Waals surface area contributed by atoms with E-state index in [1.54, 1.807) is 18.2 Å². The Morgan fingerprint density at radius 3 is 2.55 bits per heavy atom. The second-order valence-electron chi connectivity index (χ2n) is 4.78. The van der Waals surface area contributed by atoms with E-state index in [0.717, 1.165) is 19.4 Å². The van der Waals surface area contributed by atoms with Crippen LogP contribution in [0.2, 0.25) is 5.02 Å². The summed E-state index contributed by atoms with van der Waals surface area (Å²) < 4.78 is 14.1. The molecule has 0 saturated carbocycles. The molecule has 0 radical (unpaired) electrons.